The van der Waals surface area contributed by atoms with Crippen LogP contribution in [0.25, 0.3) is 0 Å². The predicted octanol–water partition coefficient (Wildman–Crippen LogP) is 4.73. The van der Waals surface area contributed by atoms with Gasteiger partial charge in [-0.1, -0.05) is 30.3 Å². The van der Waals surface area contributed by atoms with Crippen LogP contribution >= 0.6 is 24.0 Å². The third-order valence-electron chi connectivity index (χ3n) is 5.62. The highest BCUT2D eigenvalue weighted by Crippen LogP contribution is 2.20. The molecule has 4 N–H and O–H groups in total. The number of carbonyl (C=O) groups is 1. The van der Waals surface area contributed by atoms with Gasteiger partial charge in [-0.15, -0.1) is 24.0 Å². The van der Waals surface area contributed by atoms with Crippen molar-refractivity contribution < 1.29 is 9.53 Å². The summed E-state index contributed by atoms with van der Waals surface area (Å²) in [5.41, 5.74) is 0.699. The maximum absolute atomic E-state index is 12.0. The number of aliphatic imine (C=N–C) groups is 1. The first-order valence-electron chi connectivity index (χ1n) is 11.8. The predicted molar refractivity (Wildman–Crippen MR) is 147 cm³/mol. The average Bonchev–Trinajstić information content (AvgIpc) is 2.71. The van der Waals surface area contributed by atoms with Gasteiger partial charge in [0.15, 0.2) is 5.96 Å². The summed E-state index contributed by atoms with van der Waals surface area (Å²) in [6, 6.07) is 11.3. The van der Waals surface area contributed by atoms with Crippen LogP contribution in [-0.2, 0) is 4.74 Å². The molecule has 2 rings (SSSR count). The zero-order valence-electron chi connectivity index (χ0n) is 21.3. The van der Waals surface area contributed by atoms with Gasteiger partial charge in [0.05, 0.1) is 0 Å². The molecule has 0 spiro atoms. The summed E-state index contributed by atoms with van der Waals surface area (Å²) in [7, 11) is 1.80. The second-order valence-electron chi connectivity index (χ2n) is 10.4. The number of halogens is 1. The smallest absolute Gasteiger partial charge is 0.407 e. The van der Waals surface area contributed by atoms with Crippen LogP contribution in [0.1, 0.15) is 78.8 Å². The lowest BCUT2D eigenvalue weighted by atomic mass is 9.91. The second-order valence-corrected chi connectivity index (χ2v) is 10.4. The van der Waals surface area contributed by atoms with Crippen molar-refractivity contribution in [3.63, 3.8) is 0 Å². The van der Waals surface area contributed by atoms with Gasteiger partial charge < -0.3 is 26.0 Å². The number of nitrogens with zero attached hydrogens (tertiary/aromatic N) is 1. The van der Waals surface area contributed by atoms with Gasteiger partial charge in [-0.2, -0.15) is 0 Å². The Balaban J connectivity index is 0.00000544. The number of carbonyl (C=O) groups excluding carboxylic acids is 1. The quantitative estimate of drug-likeness (QED) is 0.215. The molecule has 7 nitrogen and oxygen atoms in total. The molecule has 8 heteroatoms. The fourth-order valence-electron chi connectivity index (χ4n) is 4.01. The standard InChI is InChI=1S/C25H43N5O2.HI/c1-18(19-11-9-8-10-12-19)30-25(5,6)17-27-22(26-7)28-20-13-15-21(16-14-20)29-23(31)32-24(2,3)4;/h8-12,18,20-21,30H,13-17H2,1-7H3,(H,29,31)(H2,26,27,28);1H. The average molecular weight is 574 g/mol. The largest absolute Gasteiger partial charge is 0.444 e. The van der Waals surface area contributed by atoms with E-state index in [-0.39, 0.29) is 47.7 Å². The highest BCUT2D eigenvalue weighted by Gasteiger charge is 2.26. The molecule has 1 aliphatic carbocycles. The van der Waals surface area contributed by atoms with Crippen molar-refractivity contribution >= 4 is 36.0 Å². The van der Waals surface area contributed by atoms with Gasteiger partial charge in [-0.25, -0.2) is 4.79 Å². The van der Waals surface area contributed by atoms with E-state index in [1.54, 1.807) is 7.05 Å². The van der Waals surface area contributed by atoms with E-state index in [0.717, 1.165) is 38.2 Å². The van der Waals surface area contributed by atoms with Crippen LogP contribution in [0.4, 0.5) is 4.79 Å². The highest BCUT2D eigenvalue weighted by molar-refractivity contribution is 14.0. The Bertz CT molecular complexity index is 741. The topological polar surface area (TPSA) is 86.8 Å². The number of hydrogen-bond donors (Lipinski definition) is 4. The molecule has 0 aromatic heterocycles. The molecule has 1 aromatic rings. The number of hydrogen-bond acceptors (Lipinski definition) is 4. The van der Waals surface area contributed by atoms with Crippen molar-refractivity contribution in [2.45, 2.75) is 96.5 Å². The molecule has 1 atom stereocenters. The van der Waals surface area contributed by atoms with Crippen molar-refractivity contribution in [3.05, 3.63) is 35.9 Å². The molecule has 33 heavy (non-hydrogen) atoms. The summed E-state index contributed by atoms with van der Waals surface area (Å²) >= 11 is 0. The van der Waals surface area contributed by atoms with Crippen molar-refractivity contribution in [1.82, 2.24) is 21.3 Å². The van der Waals surface area contributed by atoms with Crippen molar-refractivity contribution in [2.24, 2.45) is 4.99 Å². The molecule has 1 aliphatic rings. The summed E-state index contributed by atoms with van der Waals surface area (Å²) in [6.45, 7) is 13.0. The molecule has 0 bridgehead atoms. The number of amides is 1. The minimum Gasteiger partial charge on any atom is -0.444 e. The molecule has 1 saturated carbocycles. The first-order chi connectivity index (χ1) is 15.0. The van der Waals surface area contributed by atoms with Crippen LogP contribution in [0.2, 0.25) is 0 Å². The van der Waals surface area contributed by atoms with E-state index in [2.05, 4.69) is 71.3 Å². The fourth-order valence-corrected chi connectivity index (χ4v) is 4.01. The van der Waals surface area contributed by atoms with Gasteiger partial charge in [0.1, 0.15) is 5.60 Å². The van der Waals surface area contributed by atoms with E-state index >= 15 is 0 Å². The molecule has 1 aromatic carbocycles. The van der Waals surface area contributed by atoms with E-state index < -0.39 is 5.60 Å². The Kier molecular flexibility index (Phi) is 11.9. The minimum absolute atomic E-state index is 0. The molecule has 1 amide bonds. The van der Waals surface area contributed by atoms with Crippen molar-refractivity contribution in [3.8, 4) is 0 Å². The van der Waals surface area contributed by atoms with Crippen molar-refractivity contribution in [2.75, 3.05) is 13.6 Å². The molecule has 1 unspecified atom stereocenters. The molecule has 0 radical (unpaired) electrons. The second kappa shape index (κ2) is 13.4. The van der Waals surface area contributed by atoms with Crippen LogP contribution in [-0.4, -0.2) is 48.9 Å². The number of benzene rings is 1. The normalized spacial score (nSPS) is 20.3. The molecular weight excluding hydrogens is 529 g/mol. The molecule has 0 heterocycles. The highest BCUT2D eigenvalue weighted by atomic mass is 127. The van der Waals surface area contributed by atoms with Crippen LogP contribution in [0.15, 0.2) is 35.3 Å². The van der Waals surface area contributed by atoms with Crippen LogP contribution in [0, 0.1) is 0 Å². The minimum atomic E-state index is -0.470. The zero-order chi connectivity index (χ0) is 23.8. The Labute approximate surface area is 217 Å². The van der Waals surface area contributed by atoms with Crippen molar-refractivity contribution in [1.29, 1.82) is 0 Å². The number of guanidine groups is 1. The van der Waals surface area contributed by atoms with E-state index in [4.69, 9.17) is 4.74 Å². The van der Waals surface area contributed by atoms with Gasteiger partial charge in [0.25, 0.3) is 0 Å². The summed E-state index contributed by atoms with van der Waals surface area (Å²) in [5, 5.41) is 13.7. The van der Waals surface area contributed by atoms with Gasteiger partial charge >= 0.3 is 6.09 Å². The summed E-state index contributed by atoms with van der Waals surface area (Å²) in [5.74, 6) is 0.816. The lowest BCUT2D eigenvalue weighted by Gasteiger charge is -2.33. The van der Waals surface area contributed by atoms with Gasteiger partial charge in [0.2, 0.25) is 0 Å². The van der Waals surface area contributed by atoms with Crippen LogP contribution < -0.4 is 21.3 Å². The number of rotatable bonds is 7. The number of ether oxygens (including phenoxy) is 1. The van der Waals surface area contributed by atoms with Gasteiger partial charge in [-0.05, 0) is 72.8 Å². The Morgan fingerprint density at radius 3 is 2.09 bits per heavy atom. The van der Waals surface area contributed by atoms with E-state index in [1.165, 1.54) is 5.56 Å². The molecule has 0 aliphatic heterocycles. The maximum Gasteiger partial charge on any atom is 0.407 e. The number of alkyl carbamates (subject to hydrolysis) is 1. The molecule has 188 valence electrons. The lowest BCUT2D eigenvalue weighted by Crippen LogP contribution is -2.54. The Hall–Kier alpha value is -1.55. The first kappa shape index (κ1) is 29.5. The van der Waals surface area contributed by atoms with Gasteiger partial charge in [0, 0.05) is 37.3 Å². The number of nitrogens with one attached hydrogen (secondary N) is 4. The monoisotopic (exact) mass is 573 g/mol. The van der Waals surface area contributed by atoms with Crippen LogP contribution in [0.5, 0.6) is 0 Å². The van der Waals surface area contributed by atoms with Crippen LogP contribution in [0.3, 0.4) is 0 Å². The van der Waals surface area contributed by atoms with E-state index in [0.29, 0.717) is 6.04 Å². The fraction of sp³-hybridized carbons (Fsp3) is 0.680. The SMILES string of the molecule is CN=C(NCC(C)(C)NC(C)c1ccccc1)NC1CCC(NC(=O)OC(C)(C)C)CC1.I. The maximum atomic E-state index is 12.0. The summed E-state index contributed by atoms with van der Waals surface area (Å²) < 4.78 is 5.37. The van der Waals surface area contributed by atoms with E-state index in [1.807, 2.05) is 26.8 Å². The lowest BCUT2D eigenvalue weighted by molar-refractivity contribution is 0.0490. The third-order valence-corrected chi connectivity index (χ3v) is 5.62. The zero-order valence-corrected chi connectivity index (χ0v) is 23.7. The Morgan fingerprint density at radius 2 is 1.58 bits per heavy atom. The first-order valence-corrected chi connectivity index (χ1v) is 11.8. The Morgan fingerprint density at radius 1 is 1.03 bits per heavy atom. The summed E-state index contributed by atoms with van der Waals surface area (Å²) in [6.07, 6.45) is 3.48. The summed E-state index contributed by atoms with van der Waals surface area (Å²) in [4.78, 5) is 16.4. The third kappa shape index (κ3) is 11.4. The van der Waals surface area contributed by atoms with E-state index in [9.17, 15) is 4.79 Å². The molecule has 1 fully saturated rings. The molecule has 0 saturated heterocycles. The van der Waals surface area contributed by atoms with Gasteiger partial charge in [-0.3, -0.25) is 4.99 Å². The molecular formula is C25H44IN5O2.